The Morgan fingerprint density at radius 1 is 1.10 bits per heavy atom. The fourth-order valence-electron chi connectivity index (χ4n) is 5.94. The summed E-state index contributed by atoms with van der Waals surface area (Å²) in [6.45, 7) is 2.34. The molecule has 1 heterocycles. The van der Waals surface area contributed by atoms with Crippen LogP contribution in [0.2, 0.25) is 0 Å². The van der Waals surface area contributed by atoms with E-state index in [1.54, 1.807) is 7.11 Å². The summed E-state index contributed by atoms with van der Waals surface area (Å²) in [5, 5.41) is 3.22. The number of methoxy groups -OCH3 is 1. The summed E-state index contributed by atoms with van der Waals surface area (Å²) in [4.78, 5) is 28.6. The number of carbonyl (C=O) groups excluding carboxylic acids is 2. The Bertz CT molecular complexity index is 995. The number of imide groups is 1. The van der Waals surface area contributed by atoms with Gasteiger partial charge in [-0.25, -0.2) is 4.79 Å². The molecule has 1 unspecified atom stereocenters. The van der Waals surface area contributed by atoms with Gasteiger partial charge in [0, 0.05) is 12.5 Å². The van der Waals surface area contributed by atoms with Gasteiger partial charge in [-0.2, -0.15) is 0 Å². The summed E-state index contributed by atoms with van der Waals surface area (Å²) in [5.41, 5.74) is 2.98. The summed E-state index contributed by atoms with van der Waals surface area (Å²) < 4.78 is 5.61. The average Bonchev–Trinajstić information content (AvgIpc) is 3.16. The highest BCUT2D eigenvalue weighted by Gasteiger charge is 2.68. The van der Waals surface area contributed by atoms with Gasteiger partial charge in [-0.1, -0.05) is 54.1 Å². The van der Waals surface area contributed by atoms with Gasteiger partial charge >= 0.3 is 6.03 Å². The maximum Gasteiger partial charge on any atom is 0.325 e. The van der Waals surface area contributed by atoms with Crippen LogP contribution in [-0.4, -0.2) is 30.1 Å². The summed E-state index contributed by atoms with van der Waals surface area (Å²) in [6.07, 6.45) is 4.60. The molecule has 2 aromatic rings. The standard InChI is InChI=1S/C25H28N2O3/c1-17-8-9-19-15-24(12-10-20(30-2)11-13-24)25(21(19)14-17)22(28)27(23(29)26-25)16-18-6-4-3-5-7-18/h3-9,14,20H,10-13,15-16H2,1-2H3,(H,26,29). The molecule has 0 bridgehead atoms. The molecule has 5 nitrogen and oxygen atoms in total. The zero-order chi connectivity index (χ0) is 20.9. The number of nitrogens with one attached hydrogen (secondary N) is 1. The van der Waals surface area contributed by atoms with Crippen LogP contribution in [0.1, 0.15) is 47.9 Å². The van der Waals surface area contributed by atoms with Crippen molar-refractivity contribution in [2.45, 2.75) is 57.2 Å². The fourth-order valence-corrected chi connectivity index (χ4v) is 5.94. The first-order chi connectivity index (χ1) is 14.5. The minimum atomic E-state index is -0.973. The number of fused-ring (bicyclic) bond motifs is 3. The molecule has 2 fully saturated rings. The van der Waals surface area contributed by atoms with Gasteiger partial charge in [-0.05, 0) is 55.7 Å². The van der Waals surface area contributed by atoms with Crippen LogP contribution in [-0.2, 0) is 28.0 Å². The van der Waals surface area contributed by atoms with Crippen LogP contribution in [0, 0.1) is 12.3 Å². The summed E-state index contributed by atoms with van der Waals surface area (Å²) in [6, 6.07) is 15.8. The molecule has 2 spiro atoms. The monoisotopic (exact) mass is 404 g/mol. The maximum atomic E-state index is 14.1. The first-order valence-electron chi connectivity index (χ1n) is 10.8. The molecule has 1 atom stereocenters. The molecule has 1 aliphatic heterocycles. The van der Waals surface area contributed by atoms with Crippen LogP contribution in [0.25, 0.3) is 0 Å². The van der Waals surface area contributed by atoms with Crippen molar-refractivity contribution in [1.29, 1.82) is 0 Å². The lowest BCUT2D eigenvalue weighted by Crippen LogP contribution is -2.56. The van der Waals surface area contributed by atoms with Crippen LogP contribution < -0.4 is 5.32 Å². The lowest BCUT2D eigenvalue weighted by atomic mass is 9.61. The highest BCUT2D eigenvalue weighted by Crippen LogP contribution is 2.60. The molecule has 0 aromatic heterocycles. The Labute approximate surface area is 177 Å². The first-order valence-corrected chi connectivity index (χ1v) is 10.8. The molecular formula is C25H28N2O3. The Morgan fingerprint density at radius 2 is 1.83 bits per heavy atom. The third-order valence-corrected chi connectivity index (χ3v) is 7.51. The highest BCUT2D eigenvalue weighted by atomic mass is 16.5. The zero-order valence-corrected chi connectivity index (χ0v) is 17.6. The fraction of sp³-hybridized carbons (Fsp3) is 0.440. The Morgan fingerprint density at radius 3 is 2.53 bits per heavy atom. The van der Waals surface area contributed by atoms with E-state index < -0.39 is 5.54 Å². The predicted molar refractivity (Wildman–Crippen MR) is 114 cm³/mol. The second kappa shape index (κ2) is 6.95. The summed E-state index contributed by atoms with van der Waals surface area (Å²) in [5.74, 6) is -0.100. The molecule has 30 heavy (non-hydrogen) atoms. The number of hydrogen-bond donors (Lipinski definition) is 1. The van der Waals surface area contributed by atoms with E-state index in [0.29, 0.717) is 6.54 Å². The maximum absolute atomic E-state index is 14.1. The van der Waals surface area contributed by atoms with E-state index >= 15 is 0 Å². The number of carbonyl (C=O) groups is 2. The Balaban J connectivity index is 1.59. The molecule has 2 aromatic carbocycles. The number of ether oxygens (including phenoxy) is 1. The molecule has 2 aliphatic carbocycles. The number of aryl methyl sites for hydroxylation is 1. The lowest BCUT2D eigenvalue weighted by Gasteiger charge is -2.46. The molecule has 5 heteroatoms. The van der Waals surface area contributed by atoms with Gasteiger partial charge in [0.2, 0.25) is 0 Å². The molecule has 0 radical (unpaired) electrons. The van der Waals surface area contributed by atoms with Crippen molar-refractivity contribution in [2.75, 3.05) is 7.11 Å². The molecular weight excluding hydrogens is 376 g/mol. The van der Waals surface area contributed by atoms with E-state index in [0.717, 1.165) is 48.8 Å². The van der Waals surface area contributed by atoms with E-state index in [-0.39, 0.29) is 23.5 Å². The normalized spacial score (nSPS) is 30.2. The highest BCUT2D eigenvalue weighted by molar-refractivity contribution is 6.08. The average molecular weight is 405 g/mol. The van der Waals surface area contributed by atoms with Gasteiger partial charge in [-0.15, -0.1) is 0 Å². The number of urea groups is 1. The molecule has 1 saturated carbocycles. The smallest absolute Gasteiger partial charge is 0.325 e. The van der Waals surface area contributed by atoms with E-state index in [2.05, 4.69) is 23.5 Å². The van der Waals surface area contributed by atoms with Crippen LogP contribution in [0.5, 0.6) is 0 Å². The largest absolute Gasteiger partial charge is 0.381 e. The van der Waals surface area contributed by atoms with Crippen molar-refractivity contribution in [3.05, 3.63) is 70.8 Å². The Kier molecular flexibility index (Phi) is 4.47. The molecule has 1 N–H and O–H groups in total. The number of benzene rings is 2. The van der Waals surface area contributed by atoms with Crippen LogP contribution >= 0.6 is 0 Å². The molecule has 3 aliphatic rings. The minimum absolute atomic E-state index is 0.100. The summed E-state index contributed by atoms with van der Waals surface area (Å²) in [7, 11) is 1.76. The second-order valence-corrected chi connectivity index (χ2v) is 9.11. The summed E-state index contributed by atoms with van der Waals surface area (Å²) >= 11 is 0. The molecule has 3 amide bonds. The van der Waals surface area contributed by atoms with Gasteiger partial charge in [-0.3, -0.25) is 9.69 Å². The molecule has 1 saturated heterocycles. The molecule has 5 rings (SSSR count). The van der Waals surface area contributed by atoms with Crippen LogP contribution in [0.15, 0.2) is 48.5 Å². The van der Waals surface area contributed by atoms with Crippen molar-refractivity contribution >= 4 is 11.9 Å². The van der Waals surface area contributed by atoms with E-state index in [9.17, 15) is 9.59 Å². The Hall–Kier alpha value is -2.66. The molecule has 156 valence electrons. The minimum Gasteiger partial charge on any atom is -0.381 e. The van der Waals surface area contributed by atoms with Gasteiger partial charge in [0.25, 0.3) is 5.91 Å². The van der Waals surface area contributed by atoms with Crippen molar-refractivity contribution in [1.82, 2.24) is 10.2 Å². The van der Waals surface area contributed by atoms with Gasteiger partial charge in [0.15, 0.2) is 5.54 Å². The van der Waals surface area contributed by atoms with Crippen LogP contribution in [0.3, 0.4) is 0 Å². The van der Waals surface area contributed by atoms with Crippen molar-refractivity contribution in [3.63, 3.8) is 0 Å². The van der Waals surface area contributed by atoms with Crippen molar-refractivity contribution in [3.8, 4) is 0 Å². The van der Waals surface area contributed by atoms with E-state index in [1.165, 1.54) is 10.5 Å². The van der Waals surface area contributed by atoms with Gasteiger partial charge in [0.1, 0.15) is 0 Å². The van der Waals surface area contributed by atoms with E-state index in [1.807, 2.05) is 37.3 Å². The second-order valence-electron chi connectivity index (χ2n) is 9.11. The first kappa shape index (κ1) is 19.3. The predicted octanol–water partition coefficient (Wildman–Crippen LogP) is 4.07. The van der Waals surface area contributed by atoms with Crippen molar-refractivity contribution < 1.29 is 14.3 Å². The number of nitrogens with zero attached hydrogens (tertiary/aromatic N) is 1. The van der Waals surface area contributed by atoms with Crippen molar-refractivity contribution in [2.24, 2.45) is 5.41 Å². The third-order valence-electron chi connectivity index (χ3n) is 7.51. The third kappa shape index (κ3) is 2.64. The number of rotatable bonds is 3. The van der Waals surface area contributed by atoms with Gasteiger partial charge in [0.05, 0.1) is 12.6 Å². The van der Waals surface area contributed by atoms with E-state index in [4.69, 9.17) is 4.74 Å². The van der Waals surface area contributed by atoms with Crippen LogP contribution in [0.4, 0.5) is 4.79 Å². The van der Waals surface area contributed by atoms with Gasteiger partial charge < -0.3 is 10.1 Å². The lowest BCUT2D eigenvalue weighted by molar-refractivity contribution is -0.139. The SMILES string of the molecule is COC1CCC2(CC1)Cc1ccc(C)cc1C21NC(=O)N(Cc2ccccc2)C1=O. The number of hydrogen-bond acceptors (Lipinski definition) is 3. The quantitative estimate of drug-likeness (QED) is 0.785. The number of amides is 3. The topological polar surface area (TPSA) is 58.6 Å². The zero-order valence-electron chi connectivity index (χ0n) is 17.6.